The minimum absolute atomic E-state index is 0.0965. The molecular formula is C19H23N5O. The lowest BCUT2D eigenvalue weighted by atomic mass is 9.76. The first-order chi connectivity index (χ1) is 12.1. The first-order valence-corrected chi connectivity index (χ1v) is 8.82. The number of anilines is 1. The number of fused-ring (bicyclic) bond motifs is 1. The van der Waals surface area contributed by atoms with Crippen LogP contribution in [0.25, 0.3) is 11.0 Å². The van der Waals surface area contributed by atoms with Gasteiger partial charge < -0.3 is 5.32 Å². The summed E-state index contributed by atoms with van der Waals surface area (Å²) in [5, 5.41) is 10.5. The Kier molecular flexibility index (Phi) is 3.82. The van der Waals surface area contributed by atoms with Gasteiger partial charge in [0.15, 0.2) is 5.65 Å². The first kappa shape index (κ1) is 15.9. The Bertz CT molecular complexity index is 965. The molecule has 2 heterocycles. The number of H-pyrrole nitrogens is 2. The van der Waals surface area contributed by atoms with Gasteiger partial charge in [0.2, 0.25) is 5.95 Å². The molecule has 1 saturated carbocycles. The Balaban J connectivity index is 1.64. The fourth-order valence-corrected chi connectivity index (χ4v) is 4.18. The largest absolute Gasteiger partial charge is 0.355 e. The fourth-order valence-electron chi connectivity index (χ4n) is 4.18. The van der Waals surface area contributed by atoms with Crippen molar-refractivity contribution in [1.82, 2.24) is 20.2 Å². The summed E-state index contributed by atoms with van der Waals surface area (Å²) in [6.45, 7) is 5.09. The van der Waals surface area contributed by atoms with Crippen molar-refractivity contribution >= 4 is 17.0 Å². The van der Waals surface area contributed by atoms with Crippen molar-refractivity contribution in [3.63, 3.8) is 0 Å². The zero-order valence-corrected chi connectivity index (χ0v) is 14.6. The summed E-state index contributed by atoms with van der Waals surface area (Å²) in [6.07, 6.45) is 6.27. The molecule has 25 heavy (non-hydrogen) atoms. The minimum Gasteiger partial charge on any atom is -0.355 e. The Morgan fingerprint density at radius 2 is 2.04 bits per heavy atom. The van der Waals surface area contributed by atoms with E-state index in [4.69, 9.17) is 0 Å². The molecule has 0 unspecified atom stereocenters. The van der Waals surface area contributed by atoms with Gasteiger partial charge in [-0.1, -0.05) is 36.6 Å². The van der Waals surface area contributed by atoms with E-state index in [1.165, 1.54) is 35.7 Å². The number of benzene rings is 1. The molecule has 1 aromatic carbocycles. The van der Waals surface area contributed by atoms with Gasteiger partial charge in [0.25, 0.3) is 5.56 Å². The molecule has 0 aliphatic heterocycles. The fraction of sp³-hybridized carbons (Fsp3) is 0.421. The van der Waals surface area contributed by atoms with Gasteiger partial charge in [0.1, 0.15) is 5.39 Å². The van der Waals surface area contributed by atoms with Crippen molar-refractivity contribution in [3.05, 3.63) is 51.4 Å². The molecule has 130 valence electrons. The minimum atomic E-state index is -0.173. The van der Waals surface area contributed by atoms with Crippen LogP contribution in [0.5, 0.6) is 0 Å². The van der Waals surface area contributed by atoms with E-state index < -0.39 is 0 Å². The molecule has 4 rings (SSSR count). The Morgan fingerprint density at radius 1 is 1.24 bits per heavy atom. The lowest BCUT2D eigenvalue weighted by Crippen LogP contribution is -2.33. The van der Waals surface area contributed by atoms with E-state index in [-0.39, 0.29) is 11.0 Å². The maximum atomic E-state index is 12.1. The van der Waals surface area contributed by atoms with Crippen LogP contribution in [0.2, 0.25) is 0 Å². The summed E-state index contributed by atoms with van der Waals surface area (Å²) in [5.41, 5.74) is 4.48. The third kappa shape index (κ3) is 2.81. The normalized spacial score (nSPS) is 16.4. The number of nitrogens with zero attached hydrogens (tertiary/aromatic N) is 2. The Labute approximate surface area is 146 Å². The van der Waals surface area contributed by atoms with Crippen LogP contribution in [-0.2, 0) is 5.41 Å². The van der Waals surface area contributed by atoms with Gasteiger partial charge in [0.05, 0.1) is 6.20 Å². The van der Waals surface area contributed by atoms with Crippen LogP contribution in [0, 0.1) is 13.8 Å². The van der Waals surface area contributed by atoms with Gasteiger partial charge in [-0.2, -0.15) is 10.1 Å². The molecule has 0 atom stereocenters. The summed E-state index contributed by atoms with van der Waals surface area (Å²) >= 11 is 0. The van der Waals surface area contributed by atoms with Crippen LogP contribution >= 0.6 is 0 Å². The van der Waals surface area contributed by atoms with E-state index in [9.17, 15) is 4.79 Å². The van der Waals surface area contributed by atoms with Crippen LogP contribution in [0.1, 0.15) is 42.4 Å². The molecule has 6 nitrogen and oxygen atoms in total. The average molecular weight is 337 g/mol. The molecule has 0 bridgehead atoms. The van der Waals surface area contributed by atoms with Gasteiger partial charge in [-0.3, -0.25) is 14.9 Å². The van der Waals surface area contributed by atoms with Crippen molar-refractivity contribution in [2.24, 2.45) is 0 Å². The zero-order chi connectivity index (χ0) is 17.4. The predicted molar refractivity (Wildman–Crippen MR) is 99.1 cm³/mol. The number of nitrogens with one attached hydrogen (secondary N) is 3. The number of aryl methyl sites for hydroxylation is 2. The third-order valence-corrected chi connectivity index (χ3v) is 5.43. The highest BCUT2D eigenvalue weighted by Gasteiger charge is 2.36. The lowest BCUT2D eigenvalue weighted by Gasteiger charge is -2.32. The van der Waals surface area contributed by atoms with Crippen LogP contribution in [-0.4, -0.2) is 26.7 Å². The molecule has 2 aromatic heterocycles. The van der Waals surface area contributed by atoms with E-state index in [0.717, 1.165) is 19.4 Å². The standard InChI is InChI=1S/C19H23N5O/c1-12-5-6-15(13(2)9-12)19(7-3-4-8-19)11-20-18-22-16-14(10-21-24-16)17(25)23-18/h5-6,9-10H,3-4,7-8,11H2,1-2H3,(H3,20,21,22,23,24,25). The summed E-state index contributed by atoms with van der Waals surface area (Å²) in [6, 6.07) is 6.72. The van der Waals surface area contributed by atoms with Crippen LogP contribution in [0.4, 0.5) is 5.95 Å². The molecule has 0 radical (unpaired) electrons. The van der Waals surface area contributed by atoms with E-state index >= 15 is 0 Å². The van der Waals surface area contributed by atoms with Gasteiger partial charge in [-0.15, -0.1) is 0 Å². The van der Waals surface area contributed by atoms with E-state index in [1.807, 2.05) is 0 Å². The number of hydrogen-bond donors (Lipinski definition) is 3. The first-order valence-electron chi connectivity index (χ1n) is 8.82. The molecule has 1 aliphatic carbocycles. The Morgan fingerprint density at radius 3 is 2.80 bits per heavy atom. The topological polar surface area (TPSA) is 86.5 Å². The second-order valence-corrected chi connectivity index (χ2v) is 7.21. The maximum Gasteiger partial charge on any atom is 0.263 e. The van der Waals surface area contributed by atoms with Crippen LogP contribution < -0.4 is 10.9 Å². The smallest absolute Gasteiger partial charge is 0.263 e. The molecule has 1 aliphatic rings. The Hall–Kier alpha value is -2.63. The summed E-state index contributed by atoms with van der Waals surface area (Å²) in [7, 11) is 0. The summed E-state index contributed by atoms with van der Waals surface area (Å²) in [4.78, 5) is 19.4. The van der Waals surface area contributed by atoms with Gasteiger partial charge in [0, 0.05) is 12.0 Å². The van der Waals surface area contributed by atoms with Crippen molar-refractivity contribution in [2.75, 3.05) is 11.9 Å². The SMILES string of the molecule is Cc1ccc(C2(CNc3nc4[nH]ncc4c(=O)[nH]3)CCCC2)c(C)c1. The monoisotopic (exact) mass is 337 g/mol. The summed E-state index contributed by atoms with van der Waals surface area (Å²) in [5.74, 6) is 0.498. The number of rotatable bonds is 4. The number of aromatic nitrogens is 4. The highest BCUT2D eigenvalue weighted by atomic mass is 16.1. The van der Waals surface area contributed by atoms with Crippen molar-refractivity contribution in [1.29, 1.82) is 0 Å². The van der Waals surface area contributed by atoms with Crippen molar-refractivity contribution in [2.45, 2.75) is 44.9 Å². The number of aromatic amines is 2. The maximum absolute atomic E-state index is 12.1. The van der Waals surface area contributed by atoms with Crippen molar-refractivity contribution < 1.29 is 0 Å². The van der Waals surface area contributed by atoms with Crippen molar-refractivity contribution in [3.8, 4) is 0 Å². The van der Waals surface area contributed by atoms with E-state index in [2.05, 4.69) is 57.5 Å². The lowest BCUT2D eigenvalue weighted by molar-refractivity contribution is 0.463. The van der Waals surface area contributed by atoms with E-state index in [0.29, 0.717) is 17.0 Å². The highest BCUT2D eigenvalue weighted by Crippen LogP contribution is 2.42. The van der Waals surface area contributed by atoms with Crippen LogP contribution in [0.15, 0.2) is 29.2 Å². The van der Waals surface area contributed by atoms with Gasteiger partial charge in [-0.05, 0) is 37.8 Å². The molecule has 3 N–H and O–H groups in total. The molecule has 6 heteroatoms. The third-order valence-electron chi connectivity index (χ3n) is 5.43. The van der Waals surface area contributed by atoms with E-state index in [1.54, 1.807) is 0 Å². The second-order valence-electron chi connectivity index (χ2n) is 7.21. The molecular weight excluding hydrogens is 314 g/mol. The highest BCUT2D eigenvalue weighted by molar-refractivity contribution is 5.73. The molecule has 1 fully saturated rings. The van der Waals surface area contributed by atoms with Crippen LogP contribution in [0.3, 0.4) is 0 Å². The predicted octanol–water partition coefficient (Wildman–Crippen LogP) is 3.19. The molecule has 0 saturated heterocycles. The van der Waals surface area contributed by atoms with Gasteiger partial charge in [-0.25, -0.2) is 0 Å². The second kappa shape index (κ2) is 6.02. The molecule has 0 spiro atoms. The number of hydrogen-bond acceptors (Lipinski definition) is 4. The summed E-state index contributed by atoms with van der Waals surface area (Å²) < 4.78 is 0. The quantitative estimate of drug-likeness (QED) is 0.682. The molecule has 3 aromatic rings. The zero-order valence-electron chi connectivity index (χ0n) is 14.6. The average Bonchev–Trinajstić information content (AvgIpc) is 3.23. The molecule has 0 amide bonds. The van der Waals surface area contributed by atoms with Gasteiger partial charge >= 0.3 is 0 Å².